The van der Waals surface area contributed by atoms with E-state index in [1.165, 1.54) is 11.3 Å². The molecule has 25 heavy (non-hydrogen) atoms. The van der Waals surface area contributed by atoms with Crippen molar-refractivity contribution in [3.63, 3.8) is 0 Å². The lowest BCUT2D eigenvalue weighted by Gasteiger charge is -2.22. The Labute approximate surface area is 148 Å². The van der Waals surface area contributed by atoms with Crippen molar-refractivity contribution >= 4 is 34.0 Å². The van der Waals surface area contributed by atoms with Crippen molar-refractivity contribution in [3.05, 3.63) is 54.1 Å². The highest BCUT2D eigenvalue weighted by Gasteiger charge is 2.67. The molecule has 126 valence electrons. The number of ether oxygens (including phenoxy) is 1. The number of nitrogens with one attached hydrogen (secondary N) is 1. The molecule has 1 aromatic heterocycles. The fourth-order valence-electron chi connectivity index (χ4n) is 4.10. The van der Waals surface area contributed by atoms with Crippen LogP contribution in [0.2, 0.25) is 0 Å². The number of rotatable bonds is 3. The van der Waals surface area contributed by atoms with Crippen molar-refractivity contribution < 1.29 is 14.3 Å². The van der Waals surface area contributed by atoms with Gasteiger partial charge in [0.2, 0.25) is 11.8 Å². The number of aromatic nitrogens is 1. The Hall–Kier alpha value is -2.51. The predicted octanol–water partition coefficient (Wildman–Crippen LogP) is 2.07. The molecule has 0 radical (unpaired) electrons. The molecule has 1 aromatic carbocycles. The van der Waals surface area contributed by atoms with Gasteiger partial charge in [0.05, 0.1) is 24.5 Å². The van der Waals surface area contributed by atoms with E-state index in [1.54, 1.807) is 16.5 Å². The molecule has 2 amide bonds. The van der Waals surface area contributed by atoms with Gasteiger partial charge in [0.25, 0.3) is 0 Å². The number of para-hydroxylation sites is 1. The van der Waals surface area contributed by atoms with Gasteiger partial charge >= 0.3 is 0 Å². The van der Waals surface area contributed by atoms with Crippen molar-refractivity contribution in [1.29, 1.82) is 0 Å². The third kappa shape index (κ3) is 2.09. The third-order valence-electron chi connectivity index (χ3n) is 5.13. The van der Waals surface area contributed by atoms with E-state index in [9.17, 15) is 9.59 Å². The van der Waals surface area contributed by atoms with Gasteiger partial charge in [-0.1, -0.05) is 30.4 Å². The molecule has 0 saturated carbocycles. The average Bonchev–Trinajstić information content (AvgIpc) is 3.38. The number of thiazole rings is 1. The van der Waals surface area contributed by atoms with E-state index in [1.807, 2.05) is 42.5 Å². The van der Waals surface area contributed by atoms with Crippen LogP contribution < -0.4 is 10.2 Å². The summed E-state index contributed by atoms with van der Waals surface area (Å²) in [4.78, 5) is 31.7. The summed E-state index contributed by atoms with van der Waals surface area (Å²) < 4.78 is 6.11. The van der Waals surface area contributed by atoms with Crippen LogP contribution >= 0.6 is 11.3 Å². The molecule has 7 heteroatoms. The van der Waals surface area contributed by atoms with Crippen LogP contribution in [0.25, 0.3) is 0 Å². The van der Waals surface area contributed by atoms with Crippen LogP contribution in [0.1, 0.15) is 0 Å². The number of fused-ring (bicyclic) bond motifs is 1. The predicted molar refractivity (Wildman–Crippen MR) is 93.3 cm³/mol. The summed E-state index contributed by atoms with van der Waals surface area (Å²) in [5.74, 6) is -1.30. The van der Waals surface area contributed by atoms with E-state index in [0.717, 1.165) is 5.69 Å². The molecule has 4 atom stereocenters. The highest BCUT2D eigenvalue weighted by molar-refractivity contribution is 7.13. The van der Waals surface area contributed by atoms with E-state index in [2.05, 4.69) is 10.3 Å². The maximum Gasteiger partial charge on any atom is 0.234 e. The number of carbonyl (C=O) groups excluding carboxylic acids is 2. The zero-order chi connectivity index (χ0) is 17.0. The van der Waals surface area contributed by atoms with E-state index in [0.29, 0.717) is 11.7 Å². The average molecular weight is 353 g/mol. The molecule has 4 heterocycles. The van der Waals surface area contributed by atoms with Crippen LogP contribution in [0, 0.1) is 11.8 Å². The molecule has 0 aliphatic carbocycles. The maximum atomic E-state index is 13.1. The smallest absolute Gasteiger partial charge is 0.234 e. The monoisotopic (exact) mass is 353 g/mol. The summed E-state index contributed by atoms with van der Waals surface area (Å²) in [7, 11) is 0. The molecule has 3 aliphatic rings. The molecule has 0 unspecified atom stereocenters. The van der Waals surface area contributed by atoms with Gasteiger partial charge in [-0.15, -0.1) is 11.3 Å². The number of nitrogens with zero attached hydrogens (tertiary/aromatic N) is 2. The highest BCUT2D eigenvalue weighted by Crippen LogP contribution is 2.52. The van der Waals surface area contributed by atoms with Crippen LogP contribution in [0.3, 0.4) is 0 Å². The third-order valence-corrected chi connectivity index (χ3v) is 5.82. The zero-order valence-corrected chi connectivity index (χ0v) is 14.0. The largest absolute Gasteiger partial charge is 0.360 e. The van der Waals surface area contributed by atoms with Crippen LogP contribution in [-0.2, 0) is 14.3 Å². The minimum atomic E-state index is -0.706. The Morgan fingerprint density at radius 1 is 1.36 bits per heavy atom. The Bertz CT molecular complexity index is 867. The van der Waals surface area contributed by atoms with Crippen molar-refractivity contribution in [1.82, 2.24) is 4.98 Å². The Morgan fingerprint density at radius 2 is 2.20 bits per heavy atom. The molecule has 2 bridgehead atoms. The Kier molecular flexibility index (Phi) is 3.10. The fourth-order valence-corrected chi connectivity index (χ4v) is 4.63. The zero-order valence-electron chi connectivity index (χ0n) is 13.2. The topological polar surface area (TPSA) is 71.5 Å². The van der Waals surface area contributed by atoms with E-state index in [4.69, 9.17) is 4.74 Å². The minimum Gasteiger partial charge on any atom is -0.360 e. The Morgan fingerprint density at radius 3 is 2.96 bits per heavy atom. The summed E-state index contributed by atoms with van der Waals surface area (Å²) in [6.45, 7) is 0.439. The van der Waals surface area contributed by atoms with Gasteiger partial charge in [-0.25, -0.2) is 4.98 Å². The van der Waals surface area contributed by atoms with Gasteiger partial charge in [-0.2, -0.15) is 0 Å². The number of hydrogen-bond donors (Lipinski definition) is 1. The van der Waals surface area contributed by atoms with Crippen LogP contribution in [0.5, 0.6) is 0 Å². The fraction of sp³-hybridized carbons (Fsp3) is 0.278. The number of carbonyl (C=O) groups is 2. The standard InChI is InChI=1S/C18H15N3O3S/c22-15(20-17-19-8-9-25-17)13-12-6-7-18(24-12)10-21(16(23)14(13)18)11-4-2-1-3-5-11/h1-9,12-14H,10H2,(H,19,20,22)/t12-,13+,14+,18-/m0/s1. The highest BCUT2D eigenvalue weighted by atomic mass is 32.1. The minimum absolute atomic E-state index is 0.0580. The lowest BCUT2D eigenvalue weighted by molar-refractivity contribution is -0.128. The summed E-state index contributed by atoms with van der Waals surface area (Å²) in [5.41, 5.74) is 0.124. The summed E-state index contributed by atoms with van der Waals surface area (Å²) in [6.07, 6.45) is 5.14. The second-order valence-electron chi connectivity index (χ2n) is 6.49. The second kappa shape index (κ2) is 5.24. The van der Waals surface area contributed by atoms with Crippen LogP contribution in [0.15, 0.2) is 54.1 Å². The molecule has 5 rings (SSSR count). The maximum absolute atomic E-state index is 13.1. The number of amides is 2. The van der Waals surface area contributed by atoms with Crippen molar-refractivity contribution in [2.24, 2.45) is 11.8 Å². The molecule has 1 N–H and O–H groups in total. The molecule has 2 saturated heterocycles. The quantitative estimate of drug-likeness (QED) is 0.858. The normalized spacial score (nSPS) is 32.2. The molecule has 1 spiro atoms. The van der Waals surface area contributed by atoms with E-state index >= 15 is 0 Å². The summed E-state index contributed by atoms with van der Waals surface area (Å²) in [5, 5.41) is 5.15. The van der Waals surface area contributed by atoms with Gasteiger partial charge in [0.15, 0.2) is 5.13 Å². The Balaban J connectivity index is 1.47. The number of hydrogen-bond acceptors (Lipinski definition) is 5. The van der Waals surface area contributed by atoms with Gasteiger partial charge in [-0.3, -0.25) is 9.59 Å². The van der Waals surface area contributed by atoms with Crippen molar-refractivity contribution in [2.75, 3.05) is 16.8 Å². The van der Waals surface area contributed by atoms with Gasteiger partial charge in [-0.05, 0) is 12.1 Å². The first-order chi connectivity index (χ1) is 12.2. The molecule has 6 nitrogen and oxygen atoms in total. The molecular weight excluding hydrogens is 338 g/mol. The van der Waals surface area contributed by atoms with Gasteiger partial charge in [0, 0.05) is 17.3 Å². The van der Waals surface area contributed by atoms with Gasteiger partial charge in [0.1, 0.15) is 5.60 Å². The molecule has 2 aromatic rings. The van der Waals surface area contributed by atoms with Crippen molar-refractivity contribution in [3.8, 4) is 0 Å². The lowest BCUT2D eigenvalue weighted by Crippen LogP contribution is -2.41. The van der Waals surface area contributed by atoms with Crippen LogP contribution in [-0.4, -0.2) is 35.0 Å². The summed E-state index contributed by atoms with van der Waals surface area (Å²) in [6, 6.07) is 9.51. The van der Waals surface area contributed by atoms with Gasteiger partial charge < -0.3 is 15.0 Å². The van der Waals surface area contributed by atoms with E-state index < -0.39 is 17.4 Å². The van der Waals surface area contributed by atoms with Crippen LogP contribution in [0.4, 0.5) is 10.8 Å². The van der Waals surface area contributed by atoms with E-state index in [-0.39, 0.29) is 17.9 Å². The molecule has 2 fully saturated rings. The molecular formula is C18H15N3O3S. The first kappa shape index (κ1) is 14.8. The SMILES string of the molecule is O=C(Nc1nccs1)[C@@H]1[C@@H]2C=C[C@@]3(CN(c4ccccc4)C(=O)[C@@H]13)O2. The lowest BCUT2D eigenvalue weighted by atomic mass is 9.77. The molecule has 3 aliphatic heterocycles. The van der Waals surface area contributed by atoms with Crippen molar-refractivity contribution in [2.45, 2.75) is 11.7 Å². The number of benzene rings is 1. The summed E-state index contributed by atoms with van der Waals surface area (Å²) >= 11 is 1.35. The number of anilines is 2. The first-order valence-electron chi connectivity index (χ1n) is 8.12. The second-order valence-corrected chi connectivity index (χ2v) is 7.38. The first-order valence-corrected chi connectivity index (χ1v) is 9.00.